The van der Waals surface area contributed by atoms with Crippen LogP contribution < -0.4 is 5.73 Å². The average Bonchev–Trinajstić information content (AvgIpc) is 3.39. The number of nitrogens with zero attached hydrogens (tertiary/aromatic N) is 3. The maximum atomic E-state index is 8.06. The lowest BCUT2D eigenvalue weighted by Crippen LogP contribution is -2.09. The number of nitrogens with one attached hydrogen (secondary N) is 1. The maximum absolute atomic E-state index is 8.06. The summed E-state index contributed by atoms with van der Waals surface area (Å²) in [5, 5.41) is 9.25. The SMILES string of the molecule is CC.CC(C)O.Cc1cccc2cc(-c3nc(C4CCCCC4)n4ccnc(N)c34)[nH]c12. The molecule has 0 atom stereocenters. The number of anilines is 1. The van der Waals surface area contributed by atoms with Gasteiger partial charge in [0.25, 0.3) is 0 Å². The van der Waals surface area contributed by atoms with Crippen LogP contribution in [0.3, 0.4) is 0 Å². The van der Waals surface area contributed by atoms with E-state index in [0.717, 1.165) is 28.2 Å². The Kier molecular flexibility index (Phi) is 7.91. The van der Waals surface area contributed by atoms with Crippen molar-refractivity contribution < 1.29 is 5.11 Å². The number of benzene rings is 1. The molecule has 1 saturated carbocycles. The second kappa shape index (κ2) is 10.6. The van der Waals surface area contributed by atoms with Gasteiger partial charge in [-0.3, -0.25) is 4.40 Å². The van der Waals surface area contributed by atoms with E-state index in [4.69, 9.17) is 15.8 Å². The van der Waals surface area contributed by atoms with Crippen molar-refractivity contribution in [3.8, 4) is 11.4 Å². The minimum atomic E-state index is -0.167. The van der Waals surface area contributed by atoms with Crippen molar-refractivity contribution in [1.82, 2.24) is 19.4 Å². The van der Waals surface area contributed by atoms with E-state index in [2.05, 4.69) is 45.6 Å². The van der Waals surface area contributed by atoms with Crippen molar-refractivity contribution in [2.75, 3.05) is 5.73 Å². The molecule has 1 aliphatic carbocycles. The van der Waals surface area contributed by atoms with Gasteiger partial charge in [-0.2, -0.15) is 0 Å². The van der Waals surface area contributed by atoms with E-state index in [9.17, 15) is 0 Å². The predicted molar refractivity (Wildman–Crippen MR) is 134 cm³/mol. The van der Waals surface area contributed by atoms with Gasteiger partial charge in [0.2, 0.25) is 0 Å². The van der Waals surface area contributed by atoms with E-state index in [1.165, 1.54) is 43.1 Å². The van der Waals surface area contributed by atoms with Crippen molar-refractivity contribution in [2.24, 2.45) is 0 Å². The molecular formula is C26H37N5O. The molecule has 0 saturated heterocycles. The van der Waals surface area contributed by atoms with Crippen LogP contribution >= 0.6 is 0 Å². The Morgan fingerprint density at radius 2 is 1.84 bits per heavy atom. The predicted octanol–water partition coefficient (Wildman–Crippen LogP) is 6.23. The van der Waals surface area contributed by atoms with Gasteiger partial charge in [-0.25, -0.2) is 9.97 Å². The van der Waals surface area contributed by atoms with Gasteiger partial charge in [0.15, 0.2) is 0 Å². The molecule has 1 aromatic carbocycles. The highest BCUT2D eigenvalue weighted by Gasteiger charge is 2.24. The number of fused-ring (bicyclic) bond motifs is 2. The fourth-order valence-corrected chi connectivity index (χ4v) is 4.36. The lowest BCUT2D eigenvalue weighted by molar-refractivity contribution is 0.216. The second-order valence-corrected chi connectivity index (χ2v) is 8.50. The van der Waals surface area contributed by atoms with Crippen LogP contribution in [0, 0.1) is 6.92 Å². The highest BCUT2D eigenvalue weighted by Crippen LogP contribution is 2.37. The zero-order valence-corrected chi connectivity index (χ0v) is 20.0. The first-order chi connectivity index (χ1) is 15.5. The number of hydrogen-bond acceptors (Lipinski definition) is 4. The average molecular weight is 436 g/mol. The summed E-state index contributed by atoms with van der Waals surface area (Å²) in [6.45, 7) is 9.57. The lowest BCUT2D eigenvalue weighted by Gasteiger charge is -2.20. The summed E-state index contributed by atoms with van der Waals surface area (Å²) >= 11 is 0. The van der Waals surface area contributed by atoms with Gasteiger partial charge in [-0.15, -0.1) is 0 Å². The number of aliphatic hydroxyl groups is 1. The number of aromatic amines is 1. The van der Waals surface area contributed by atoms with E-state index in [0.29, 0.717) is 11.7 Å². The van der Waals surface area contributed by atoms with Gasteiger partial charge < -0.3 is 15.8 Å². The molecule has 0 amide bonds. The molecule has 172 valence electrons. The molecule has 0 unspecified atom stereocenters. The maximum Gasteiger partial charge on any atom is 0.150 e. The van der Waals surface area contributed by atoms with Gasteiger partial charge in [-0.1, -0.05) is 51.3 Å². The monoisotopic (exact) mass is 435 g/mol. The summed E-state index contributed by atoms with van der Waals surface area (Å²) in [6.07, 6.45) is 9.90. The second-order valence-electron chi connectivity index (χ2n) is 8.50. The van der Waals surface area contributed by atoms with Crippen LogP contribution in [-0.2, 0) is 0 Å². The largest absolute Gasteiger partial charge is 0.394 e. The van der Waals surface area contributed by atoms with E-state index in [-0.39, 0.29) is 6.10 Å². The zero-order valence-electron chi connectivity index (χ0n) is 20.0. The highest BCUT2D eigenvalue weighted by atomic mass is 16.3. The van der Waals surface area contributed by atoms with Crippen LogP contribution in [0.1, 0.15) is 77.1 Å². The zero-order chi connectivity index (χ0) is 23.3. The Morgan fingerprint density at radius 1 is 1.16 bits per heavy atom. The minimum Gasteiger partial charge on any atom is -0.394 e. The number of aryl methyl sites for hydroxylation is 1. The lowest BCUT2D eigenvalue weighted by atomic mass is 9.89. The molecule has 0 bridgehead atoms. The van der Waals surface area contributed by atoms with Crippen molar-refractivity contribution in [3.63, 3.8) is 0 Å². The summed E-state index contributed by atoms with van der Waals surface area (Å²) in [5.41, 5.74) is 11.5. The van der Waals surface area contributed by atoms with E-state index in [1.54, 1.807) is 20.0 Å². The van der Waals surface area contributed by atoms with Crippen LogP contribution in [-0.4, -0.2) is 30.6 Å². The molecule has 0 spiro atoms. The van der Waals surface area contributed by atoms with Gasteiger partial charge >= 0.3 is 0 Å². The molecule has 32 heavy (non-hydrogen) atoms. The van der Waals surface area contributed by atoms with Gasteiger partial charge in [-0.05, 0) is 45.2 Å². The Hall–Kier alpha value is -2.86. The minimum absolute atomic E-state index is 0.167. The molecule has 5 rings (SSSR count). The van der Waals surface area contributed by atoms with Crippen LogP contribution in [0.4, 0.5) is 5.82 Å². The topological polar surface area (TPSA) is 92.2 Å². The summed E-state index contributed by atoms with van der Waals surface area (Å²) < 4.78 is 2.16. The summed E-state index contributed by atoms with van der Waals surface area (Å²) in [7, 11) is 0. The first-order valence-corrected chi connectivity index (χ1v) is 11.8. The van der Waals surface area contributed by atoms with E-state index < -0.39 is 0 Å². The molecule has 4 aromatic rings. The number of nitrogen functional groups attached to an aromatic ring is 1. The number of rotatable bonds is 2. The molecule has 1 fully saturated rings. The smallest absolute Gasteiger partial charge is 0.150 e. The Balaban J connectivity index is 0.000000437. The molecule has 4 N–H and O–H groups in total. The summed E-state index contributed by atoms with van der Waals surface area (Å²) in [5.74, 6) is 2.16. The number of para-hydroxylation sites is 1. The van der Waals surface area contributed by atoms with Crippen molar-refractivity contribution in [3.05, 3.63) is 48.0 Å². The third kappa shape index (κ3) is 4.96. The highest BCUT2D eigenvalue weighted by molar-refractivity contribution is 5.92. The molecule has 3 aromatic heterocycles. The molecular weight excluding hydrogens is 398 g/mol. The van der Waals surface area contributed by atoms with Crippen LogP contribution in [0.15, 0.2) is 36.7 Å². The number of aromatic nitrogens is 4. The van der Waals surface area contributed by atoms with Crippen molar-refractivity contribution in [1.29, 1.82) is 0 Å². The first kappa shape index (κ1) is 23.8. The quantitative estimate of drug-likeness (QED) is 0.348. The normalized spacial score (nSPS) is 14.2. The standard InChI is InChI=1S/C21H23N5.C3H8O.C2H6/c1-13-6-5-9-15-12-16(24-17(13)15)18-19-20(22)23-10-11-26(19)21(25-18)14-7-3-2-4-8-14;1-3(2)4;1-2/h5-6,9-12,14,24H,2-4,7-8H2,1H3,(H2,22,23);3-4H,1-2H3;1-2H3. The number of imidazole rings is 1. The third-order valence-corrected chi connectivity index (χ3v) is 5.70. The molecule has 0 radical (unpaired) electrons. The van der Waals surface area contributed by atoms with Crippen molar-refractivity contribution in [2.45, 2.75) is 78.7 Å². The summed E-state index contributed by atoms with van der Waals surface area (Å²) in [4.78, 5) is 13.0. The van der Waals surface area contributed by atoms with Crippen LogP contribution in [0.2, 0.25) is 0 Å². The van der Waals surface area contributed by atoms with Gasteiger partial charge in [0, 0.05) is 35.3 Å². The Bertz CT molecular complexity index is 1150. The van der Waals surface area contributed by atoms with Crippen LogP contribution in [0.25, 0.3) is 27.8 Å². The number of aliphatic hydroxyl groups excluding tert-OH is 1. The molecule has 3 heterocycles. The fraction of sp³-hybridized carbons (Fsp3) is 0.462. The molecule has 0 aliphatic heterocycles. The molecule has 6 heteroatoms. The Morgan fingerprint density at radius 3 is 2.50 bits per heavy atom. The van der Waals surface area contributed by atoms with E-state index in [1.807, 2.05) is 20.0 Å². The first-order valence-electron chi connectivity index (χ1n) is 11.8. The molecule has 1 aliphatic rings. The third-order valence-electron chi connectivity index (χ3n) is 5.70. The van der Waals surface area contributed by atoms with Gasteiger partial charge in [0.1, 0.15) is 22.9 Å². The summed E-state index contributed by atoms with van der Waals surface area (Å²) in [6, 6.07) is 8.51. The molecule has 6 nitrogen and oxygen atoms in total. The van der Waals surface area contributed by atoms with Crippen LogP contribution in [0.5, 0.6) is 0 Å². The number of H-pyrrole nitrogens is 1. The fourth-order valence-electron chi connectivity index (χ4n) is 4.36. The number of nitrogens with two attached hydrogens (primary N) is 1. The van der Waals surface area contributed by atoms with E-state index >= 15 is 0 Å². The van der Waals surface area contributed by atoms with Crippen molar-refractivity contribution >= 4 is 22.2 Å². The number of hydrogen-bond donors (Lipinski definition) is 3. The Labute approximate surface area is 190 Å². The van der Waals surface area contributed by atoms with Gasteiger partial charge in [0.05, 0.1) is 5.69 Å².